The summed E-state index contributed by atoms with van der Waals surface area (Å²) >= 11 is 1.61. The predicted molar refractivity (Wildman–Crippen MR) is 70.3 cm³/mol. The Morgan fingerprint density at radius 1 is 1.29 bits per heavy atom. The van der Waals surface area contributed by atoms with E-state index in [0.29, 0.717) is 13.2 Å². The van der Waals surface area contributed by atoms with Crippen LogP contribution >= 0.6 is 11.3 Å². The first kappa shape index (κ1) is 12.1. The highest BCUT2D eigenvalue weighted by Crippen LogP contribution is 2.26. The van der Waals surface area contributed by atoms with Gasteiger partial charge in [0, 0.05) is 12.7 Å². The topological polar surface area (TPSA) is 48.1 Å². The maximum atomic E-state index is 5.84. The number of ether oxygens (including phenoxy) is 1. The van der Waals surface area contributed by atoms with Gasteiger partial charge in [-0.3, -0.25) is 4.98 Å². The van der Waals surface area contributed by atoms with Crippen LogP contribution in [0, 0.1) is 13.8 Å². The van der Waals surface area contributed by atoms with Gasteiger partial charge in [-0.25, -0.2) is 0 Å². The summed E-state index contributed by atoms with van der Waals surface area (Å²) < 4.78 is 5.84. The molecule has 2 aromatic rings. The minimum absolute atomic E-state index is 0.566. The minimum Gasteiger partial charge on any atom is -0.487 e. The highest BCUT2D eigenvalue weighted by atomic mass is 32.1. The van der Waals surface area contributed by atoms with Crippen molar-refractivity contribution in [2.24, 2.45) is 5.73 Å². The van der Waals surface area contributed by atoms with Gasteiger partial charge in [-0.2, -0.15) is 0 Å². The molecule has 1 heterocycles. The van der Waals surface area contributed by atoms with Crippen molar-refractivity contribution < 1.29 is 4.74 Å². The lowest BCUT2D eigenvalue weighted by Crippen LogP contribution is -2.01. The number of aryl methyl sites for hydroxylation is 2. The molecule has 0 unspecified atom stereocenters. The molecule has 17 heavy (non-hydrogen) atoms. The molecular weight excluding hydrogens is 232 g/mol. The lowest BCUT2D eigenvalue weighted by Gasteiger charge is -2.12. The quantitative estimate of drug-likeness (QED) is 0.905. The Morgan fingerprint density at radius 3 is 2.53 bits per heavy atom. The molecule has 1 aromatic heterocycles. The van der Waals surface area contributed by atoms with Crippen LogP contribution in [0.3, 0.4) is 0 Å². The zero-order chi connectivity index (χ0) is 12.3. The normalized spacial score (nSPS) is 10.5. The monoisotopic (exact) mass is 248 g/mol. The van der Waals surface area contributed by atoms with Gasteiger partial charge in [0.25, 0.3) is 0 Å². The Labute approximate surface area is 105 Å². The summed E-state index contributed by atoms with van der Waals surface area (Å²) in [6.45, 7) is 5.24. The molecule has 0 aliphatic heterocycles. The summed E-state index contributed by atoms with van der Waals surface area (Å²) in [5, 5.41) is 0. The average Bonchev–Trinajstić information content (AvgIpc) is 2.80. The molecule has 2 N–H and O–H groups in total. The summed E-state index contributed by atoms with van der Waals surface area (Å²) in [6.07, 6.45) is 1.84. The average molecular weight is 248 g/mol. The molecule has 90 valence electrons. The van der Waals surface area contributed by atoms with Crippen molar-refractivity contribution in [1.29, 1.82) is 0 Å². The molecule has 0 spiro atoms. The fraction of sp³-hybridized carbons (Fsp3) is 0.308. The van der Waals surface area contributed by atoms with Gasteiger partial charge in [0.1, 0.15) is 12.4 Å². The second-order valence-corrected chi connectivity index (χ2v) is 4.99. The van der Waals surface area contributed by atoms with Crippen LogP contribution in [0.2, 0.25) is 0 Å². The first-order valence-corrected chi connectivity index (χ1v) is 6.39. The molecule has 4 heteroatoms. The third-order valence-corrected chi connectivity index (χ3v) is 3.35. The molecule has 0 atom stereocenters. The first-order chi connectivity index (χ1) is 8.20. The molecule has 0 aliphatic carbocycles. The van der Waals surface area contributed by atoms with E-state index in [9.17, 15) is 0 Å². The molecule has 0 radical (unpaired) electrons. The maximum Gasteiger partial charge on any atom is 0.125 e. The summed E-state index contributed by atoms with van der Waals surface area (Å²) in [5.74, 6) is 0.954. The van der Waals surface area contributed by atoms with E-state index in [1.165, 1.54) is 0 Å². The molecule has 0 saturated carbocycles. The maximum absolute atomic E-state index is 5.84. The number of aromatic nitrogens is 1. The van der Waals surface area contributed by atoms with E-state index in [1.54, 1.807) is 11.3 Å². The zero-order valence-electron chi connectivity index (χ0n) is 10.1. The minimum atomic E-state index is 0.566. The van der Waals surface area contributed by atoms with Gasteiger partial charge in [0.15, 0.2) is 0 Å². The van der Waals surface area contributed by atoms with Gasteiger partial charge in [-0.05, 0) is 30.5 Å². The molecule has 2 rings (SSSR count). The lowest BCUT2D eigenvalue weighted by molar-refractivity contribution is 0.305. The number of thiazole rings is 1. The van der Waals surface area contributed by atoms with Gasteiger partial charge in [0.05, 0.1) is 10.4 Å². The van der Waals surface area contributed by atoms with Gasteiger partial charge >= 0.3 is 0 Å². The third-order valence-electron chi connectivity index (χ3n) is 2.60. The molecule has 0 fully saturated rings. The van der Waals surface area contributed by atoms with Crippen LogP contribution in [0.5, 0.6) is 5.75 Å². The summed E-state index contributed by atoms with van der Waals surface area (Å²) in [5.41, 5.74) is 10.9. The smallest absolute Gasteiger partial charge is 0.125 e. The van der Waals surface area contributed by atoms with Gasteiger partial charge in [-0.1, -0.05) is 12.1 Å². The fourth-order valence-corrected chi connectivity index (χ4v) is 2.35. The van der Waals surface area contributed by atoms with Crippen molar-refractivity contribution in [3.05, 3.63) is 45.4 Å². The third kappa shape index (κ3) is 2.84. The molecule has 0 bridgehead atoms. The molecule has 3 nitrogen and oxygen atoms in total. The first-order valence-electron chi connectivity index (χ1n) is 5.51. The van der Waals surface area contributed by atoms with Gasteiger partial charge < -0.3 is 10.5 Å². The Morgan fingerprint density at radius 2 is 2.00 bits per heavy atom. The number of nitrogens with two attached hydrogens (primary N) is 1. The van der Waals surface area contributed by atoms with Crippen LogP contribution in [0.15, 0.2) is 23.8 Å². The van der Waals surface area contributed by atoms with E-state index in [4.69, 9.17) is 10.5 Å². The highest BCUT2D eigenvalue weighted by Gasteiger charge is 2.06. The van der Waals surface area contributed by atoms with Gasteiger partial charge in [-0.15, -0.1) is 11.3 Å². The van der Waals surface area contributed by atoms with Crippen LogP contribution in [0.4, 0.5) is 0 Å². The number of nitrogens with zero attached hydrogens (tertiary/aromatic N) is 1. The van der Waals surface area contributed by atoms with Crippen LogP contribution < -0.4 is 10.5 Å². The highest BCUT2D eigenvalue weighted by molar-refractivity contribution is 7.09. The van der Waals surface area contributed by atoms with E-state index in [1.807, 2.05) is 25.6 Å². The van der Waals surface area contributed by atoms with Crippen molar-refractivity contribution in [1.82, 2.24) is 4.98 Å². The Bertz CT molecular complexity index is 471. The van der Waals surface area contributed by atoms with Gasteiger partial charge in [0.2, 0.25) is 0 Å². The van der Waals surface area contributed by atoms with Crippen molar-refractivity contribution in [3.8, 4) is 5.75 Å². The second-order valence-electron chi connectivity index (χ2n) is 4.02. The van der Waals surface area contributed by atoms with E-state index in [0.717, 1.165) is 27.3 Å². The number of rotatable bonds is 4. The van der Waals surface area contributed by atoms with Crippen LogP contribution in [-0.2, 0) is 13.2 Å². The van der Waals surface area contributed by atoms with Crippen molar-refractivity contribution in [2.45, 2.75) is 27.0 Å². The van der Waals surface area contributed by atoms with Crippen LogP contribution in [0.1, 0.15) is 21.6 Å². The Kier molecular flexibility index (Phi) is 3.76. The van der Waals surface area contributed by atoms with Crippen LogP contribution in [0.25, 0.3) is 0 Å². The molecule has 0 amide bonds. The lowest BCUT2D eigenvalue weighted by atomic mass is 10.1. The van der Waals surface area contributed by atoms with E-state index >= 15 is 0 Å². The largest absolute Gasteiger partial charge is 0.487 e. The number of hydrogen-bond donors (Lipinski definition) is 1. The summed E-state index contributed by atoms with van der Waals surface area (Å²) in [6, 6.07) is 4.16. The molecule has 1 aromatic carbocycles. The van der Waals surface area contributed by atoms with E-state index < -0.39 is 0 Å². The Hall–Kier alpha value is -1.39. The molecular formula is C13H16N2OS. The number of benzene rings is 1. The summed E-state index contributed by atoms with van der Waals surface area (Å²) in [4.78, 5) is 5.16. The van der Waals surface area contributed by atoms with E-state index in [-0.39, 0.29) is 0 Å². The molecule has 0 saturated heterocycles. The van der Waals surface area contributed by atoms with Crippen molar-refractivity contribution >= 4 is 11.3 Å². The van der Waals surface area contributed by atoms with Crippen molar-refractivity contribution in [2.75, 3.05) is 0 Å². The van der Waals surface area contributed by atoms with E-state index in [2.05, 4.69) is 17.1 Å². The number of hydrogen-bond acceptors (Lipinski definition) is 4. The van der Waals surface area contributed by atoms with Crippen LogP contribution in [-0.4, -0.2) is 4.98 Å². The Balaban J connectivity index is 2.15. The molecule has 0 aliphatic rings. The SMILES string of the molecule is Cc1cc(CN)cc(C)c1OCc1cncs1. The fourth-order valence-electron chi connectivity index (χ4n) is 1.84. The standard InChI is InChI=1S/C13H16N2OS/c1-9-3-11(5-14)4-10(2)13(9)16-7-12-6-15-8-17-12/h3-4,6,8H,5,7,14H2,1-2H3. The zero-order valence-corrected chi connectivity index (χ0v) is 10.9. The van der Waals surface area contributed by atoms with Crippen molar-refractivity contribution in [3.63, 3.8) is 0 Å². The summed E-state index contributed by atoms with van der Waals surface area (Å²) in [7, 11) is 0. The second kappa shape index (κ2) is 5.29. The predicted octanol–water partition coefficient (Wildman–Crippen LogP) is 2.80.